The quantitative estimate of drug-likeness (QED) is 0.878. The zero-order chi connectivity index (χ0) is 13.0. The van der Waals surface area contributed by atoms with Gasteiger partial charge in [-0.3, -0.25) is 0 Å². The minimum absolute atomic E-state index is 0.0105. The first-order chi connectivity index (χ1) is 8.72. The molecule has 1 unspecified atom stereocenters. The molecule has 0 aromatic heterocycles. The van der Waals surface area contributed by atoms with E-state index in [1.165, 1.54) is 12.1 Å². The molecule has 3 nitrogen and oxygen atoms in total. The lowest BCUT2D eigenvalue weighted by atomic mass is 10.0. The third-order valence-corrected chi connectivity index (χ3v) is 3.29. The molecule has 0 saturated carbocycles. The molecule has 0 aliphatic carbocycles. The molecule has 1 heterocycles. The summed E-state index contributed by atoms with van der Waals surface area (Å²) in [6.07, 6.45) is 2.88. The third-order valence-electron chi connectivity index (χ3n) is 3.29. The highest BCUT2D eigenvalue weighted by Gasteiger charge is 2.29. The van der Waals surface area contributed by atoms with Crippen LogP contribution in [-0.2, 0) is 0 Å². The van der Waals surface area contributed by atoms with Gasteiger partial charge in [-0.25, -0.2) is 9.18 Å². The van der Waals surface area contributed by atoms with Crippen LogP contribution in [0.1, 0.15) is 37.8 Å². The van der Waals surface area contributed by atoms with Gasteiger partial charge in [0.1, 0.15) is 5.82 Å². The average molecular weight is 250 g/mol. The molecule has 98 valence electrons. The Hall–Kier alpha value is -1.58. The number of benzene rings is 1. The van der Waals surface area contributed by atoms with Gasteiger partial charge in [0.25, 0.3) is 0 Å². The molecule has 1 N–H and O–H groups in total. The second-order valence-electron chi connectivity index (χ2n) is 4.63. The van der Waals surface area contributed by atoms with Crippen molar-refractivity contribution in [1.29, 1.82) is 0 Å². The van der Waals surface area contributed by atoms with Crippen LogP contribution in [0.2, 0.25) is 0 Å². The molecule has 1 fully saturated rings. The fourth-order valence-electron chi connectivity index (χ4n) is 2.37. The summed E-state index contributed by atoms with van der Waals surface area (Å²) in [5.74, 6) is -0.237. The Balaban J connectivity index is 2.07. The monoisotopic (exact) mass is 250 g/mol. The maximum absolute atomic E-state index is 12.9. The second-order valence-corrected chi connectivity index (χ2v) is 4.63. The van der Waals surface area contributed by atoms with Crippen LogP contribution < -0.4 is 5.32 Å². The van der Waals surface area contributed by atoms with Crippen LogP contribution >= 0.6 is 0 Å². The Morgan fingerprint density at radius 1 is 1.44 bits per heavy atom. The first-order valence-electron chi connectivity index (χ1n) is 6.52. The maximum Gasteiger partial charge on any atom is 0.317 e. The van der Waals surface area contributed by atoms with Crippen LogP contribution in [0.5, 0.6) is 0 Å². The summed E-state index contributed by atoms with van der Waals surface area (Å²) in [7, 11) is 0. The van der Waals surface area contributed by atoms with E-state index in [0.29, 0.717) is 6.54 Å². The van der Waals surface area contributed by atoms with Crippen molar-refractivity contribution in [2.75, 3.05) is 13.1 Å². The lowest BCUT2D eigenvalue weighted by molar-refractivity contribution is 0.193. The molecule has 1 saturated heterocycles. The highest BCUT2D eigenvalue weighted by molar-refractivity contribution is 5.75. The predicted molar refractivity (Wildman–Crippen MR) is 68.8 cm³/mol. The maximum atomic E-state index is 12.9. The number of hydrogen-bond donors (Lipinski definition) is 1. The normalized spacial score (nSPS) is 19.0. The number of rotatable bonds is 3. The lowest BCUT2D eigenvalue weighted by Gasteiger charge is -2.25. The van der Waals surface area contributed by atoms with Gasteiger partial charge in [-0.2, -0.15) is 0 Å². The summed E-state index contributed by atoms with van der Waals surface area (Å²) in [6.45, 7) is 3.50. The zero-order valence-corrected chi connectivity index (χ0v) is 10.7. The van der Waals surface area contributed by atoms with E-state index in [4.69, 9.17) is 0 Å². The molecule has 1 aromatic rings. The summed E-state index contributed by atoms with van der Waals surface area (Å²) in [5, 5.41) is 2.90. The van der Waals surface area contributed by atoms with Crippen molar-refractivity contribution in [1.82, 2.24) is 10.2 Å². The van der Waals surface area contributed by atoms with Gasteiger partial charge in [0.2, 0.25) is 0 Å². The van der Waals surface area contributed by atoms with Crippen molar-refractivity contribution in [3.63, 3.8) is 0 Å². The SMILES string of the molecule is CCCNC(=O)N1CCCC1c1ccc(F)cc1. The Kier molecular flexibility index (Phi) is 4.18. The summed E-state index contributed by atoms with van der Waals surface area (Å²) in [4.78, 5) is 13.8. The van der Waals surface area contributed by atoms with Gasteiger partial charge in [-0.15, -0.1) is 0 Å². The minimum Gasteiger partial charge on any atom is -0.338 e. The molecule has 2 rings (SSSR count). The van der Waals surface area contributed by atoms with E-state index in [-0.39, 0.29) is 17.9 Å². The molecular formula is C14H19FN2O. The number of nitrogens with one attached hydrogen (secondary N) is 1. The van der Waals surface area contributed by atoms with Crippen LogP contribution in [0.25, 0.3) is 0 Å². The van der Waals surface area contributed by atoms with Crippen LogP contribution in [-0.4, -0.2) is 24.0 Å². The van der Waals surface area contributed by atoms with E-state index in [0.717, 1.165) is 31.4 Å². The van der Waals surface area contributed by atoms with E-state index in [2.05, 4.69) is 5.32 Å². The molecule has 0 spiro atoms. The van der Waals surface area contributed by atoms with E-state index in [1.54, 1.807) is 12.1 Å². The van der Waals surface area contributed by atoms with Gasteiger partial charge in [-0.05, 0) is 37.0 Å². The van der Waals surface area contributed by atoms with Crippen molar-refractivity contribution in [2.24, 2.45) is 0 Å². The number of carbonyl (C=O) groups is 1. The molecule has 0 bridgehead atoms. The number of carbonyl (C=O) groups excluding carboxylic acids is 1. The van der Waals surface area contributed by atoms with E-state index in [1.807, 2.05) is 11.8 Å². The number of likely N-dealkylation sites (tertiary alicyclic amines) is 1. The molecule has 18 heavy (non-hydrogen) atoms. The Bertz CT molecular complexity index is 405. The van der Waals surface area contributed by atoms with Gasteiger partial charge in [0, 0.05) is 13.1 Å². The smallest absolute Gasteiger partial charge is 0.317 e. The molecule has 1 aliphatic heterocycles. The summed E-state index contributed by atoms with van der Waals surface area (Å²) in [6, 6.07) is 6.52. The average Bonchev–Trinajstić information content (AvgIpc) is 2.86. The van der Waals surface area contributed by atoms with Crippen LogP contribution in [0, 0.1) is 5.82 Å². The van der Waals surface area contributed by atoms with Gasteiger partial charge in [-0.1, -0.05) is 19.1 Å². The summed E-state index contributed by atoms with van der Waals surface area (Å²) in [5.41, 5.74) is 1.01. The highest BCUT2D eigenvalue weighted by atomic mass is 19.1. The number of halogens is 1. The van der Waals surface area contributed by atoms with Crippen molar-refractivity contribution in [3.05, 3.63) is 35.6 Å². The zero-order valence-electron chi connectivity index (χ0n) is 10.7. The van der Waals surface area contributed by atoms with Crippen LogP contribution in [0.4, 0.5) is 9.18 Å². The lowest BCUT2D eigenvalue weighted by Crippen LogP contribution is -2.39. The van der Waals surface area contributed by atoms with Crippen LogP contribution in [0.15, 0.2) is 24.3 Å². The largest absolute Gasteiger partial charge is 0.338 e. The highest BCUT2D eigenvalue weighted by Crippen LogP contribution is 2.31. The number of hydrogen-bond acceptors (Lipinski definition) is 1. The molecular weight excluding hydrogens is 231 g/mol. The fraction of sp³-hybridized carbons (Fsp3) is 0.500. The van der Waals surface area contributed by atoms with Crippen molar-refractivity contribution in [2.45, 2.75) is 32.2 Å². The molecule has 2 amide bonds. The first-order valence-corrected chi connectivity index (χ1v) is 6.52. The first kappa shape index (κ1) is 12.9. The minimum atomic E-state index is -0.237. The molecule has 1 aliphatic rings. The molecule has 1 atom stereocenters. The van der Waals surface area contributed by atoms with Gasteiger partial charge in [0.05, 0.1) is 6.04 Å². The van der Waals surface area contributed by atoms with Crippen molar-refractivity contribution >= 4 is 6.03 Å². The topological polar surface area (TPSA) is 32.3 Å². The molecule has 1 aromatic carbocycles. The molecule has 4 heteroatoms. The van der Waals surface area contributed by atoms with Crippen LogP contribution in [0.3, 0.4) is 0 Å². The number of urea groups is 1. The van der Waals surface area contributed by atoms with Crippen molar-refractivity contribution < 1.29 is 9.18 Å². The Labute approximate surface area is 107 Å². The van der Waals surface area contributed by atoms with E-state index < -0.39 is 0 Å². The molecule has 0 radical (unpaired) electrons. The predicted octanol–water partition coefficient (Wildman–Crippen LogP) is 3.08. The third kappa shape index (κ3) is 2.81. The Morgan fingerprint density at radius 3 is 2.83 bits per heavy atom. The van der Waals surface area contributed by atoms with Gasteiger partial charge < -0.3 is 10.2 Å². The Morgan fingerprint density at radius 2 is 2.17 bits per heavy atom. The fourth-order valence-corrected chi connectivity index (χ4v) is 2.37. The summed E-state index contributed by atoms with van der Waals surface area (Å²) >= 11 is 0. The van der Waals surface area contributed by atoms with Gasteiger partial charge in [0.15, 0.2) is 0 Å². The van der Waals surface area contributed by atoms with Gasteiger partial charge >= 0.3 is 6.03 Å². The van der Waals surface area contributed by atoms with Crippen molar-refractivity contribution in [3.8, 4) is 0 Å². The number of amides is 2. The number of nitrogens with zero attached hydrogens (tertiary/aromatic N) is 1. The standard InChI is InChI=1S/C14H19FN2O/c1-2-9-16-14(18)17-10-3-4-13(17)11-5-7-12(15)8-6-11/h5-8,13H,2-4,9-10H2,1H3,(H,16,18). The summed E-state index contributed by atoms with van der Waals surface area (Å²) < 4.78 is 12.9. The van der Waals surface area contributed by atoms with E-state index >= 15 is 0 Å². The van der Waals surface area contributed by atoms with E-state index in [9.17, 15) is 9.18 Å². The second kappa shape index (κ2) is 5.85.